The molecule has 0 spiro atoms. The molecule has 2 fully saturated rings. The quantitative estimate of drug-likeness (QED) is 0.602. The Morgan fingerprint density at radius 3 is 2.80 bits per heavy atom. The highest BCUT2D eigenvalue weighted by molar-refractivity contribution is 5.37. The SMILES string of the molecule is C=C1C=C[C@H]2[C@H]3C1[C@@]2(C)CC[C@H]3C(C)C. The van der Waals surface area contributed by atoms with Crippen molar-refractivity contribution in [3.8, 4) is 0 Å². The molecule has 0 radical (unpaired) electrons. The molecule has 5 atom stereocenters. The van der Waals surface area contributed by atoms with Crippen LogP contribution in [0.1, 0.15) is 33.6 Å². The minimum atomic E-state index is 0.585. The monoisotopic (exact) mass is 202 g/mol. The number of allylic oxidation sites excluding steroid dienone is 3. The van der Waals surface area contributed by atoms with E-state index in [4.69, 9.17) is 0 Å². The summed E-state index contributed by atoms with van der Waals surface area (Å²) in [5, 5.41) is 0. The van der Waals surface area contributed by atoms with Crippen molar-refractivity contribution >= 4 is 0 Å². The minimum Gasteiger partial charge on any atom is -0.0955 e. The van der Waals surface area contributed by atoms with E-state index in [1.165, 1.54) is 18.4 Å². The lowest BCUT2D eigenvalue weighted by Gasteiger charge is -2.69. The van der Waals surface area contributed by atoms with E-state index in [1.807, 2.05) is 0 Å². The molecule has 0 aromatic rings. The van der Waals surface area contributed by atoms with Gasteiger partial charge in [-0.2, -0.15) is 0 Å². The van der Waals surface area contributed by atoms with Gasteiger partial charge in [-0.25, -0.2) is 0 Å². The molecule has 4 aliphatic carbocycles. The fourth-order valence-electron chi connectivity index (χ4n) is 4.81. The molecule has 0 aromatic heterocycles. The minimum absolute atomic E-state index is 0.585. The Bertz CT molecular complexity index is 336. The van der Waals surface area contributed by atoms with Gasteiger partial charge in [0.15, 0.2) is 0 Å². The van der Waals surface area contributed by atoms with Gasteiger partial charge in [0.25, 0.3) is 0 Å². The molecule has 0 aromatic carbocycles. The highest BCUT2D eigenvalue weighted by Crippen LogP contribution is 2.71. The van der Waals surface area contributed by atoms with Crippen LogP contribution in [0.15, 0.2) is 24.3 Å². The highest BCUT2D eigenvalue weighted by atomic mass is 14.7. The Labute approximate surface area is 93.5 Å². The van der Waals surface area contributed by atoms with Crippen LogP contribution < -0.4 is 0 Å². The van der Waals surface area contributed by atoms with Gasteiger partial charge >= 0.3 is 0 Å². The first kappa shape index (κ1) is 9.69. The molecule has 0 nitrogen and oxygen atoms in total. The number of rotatable bonds is 1. The second-order valence-electron chi connectivity index (χ2n) is 6.47. The van der Waals surface area contributed by atoms with Gasteiger partial charge in [0, 0.05) is 0 Å². The Morgan fingerprint density at radius 2 is 2.20 bits per heavy atom. The van der Waals surface area contributed by atoms with Gasteiger partial charge in [-0.3, -0.25) is 0 Å². The van der Waals surface area contributed by atoms with Crippen LogP contribution in [-0.2, 0) is 0 Å². The van der Waals surface area contributed by atoms with Crippen LogP contribution in [0.5, 0.6) is 0 Å². The molecule has 15 heavy (non-hydrogen) atoms. The molecular formula is C15H22. The van der Waals surface area contributed by atoms with E-state index in [9.17, 15) is 0 Å². The van der Waals surface area contributed by atoms with Gasteiger partial charge in [0.05, 0.1) is 0 Å². The van der Waals surface area contributed by atoms with Gasteiger partial charge in [-0.15, -0.1) is 0 Å². The van der Waals surface area contributed by atoms with Crippen molar-refractivity contribution in [1.82, 2.24) is 0 Å². The lowest BCUT2D eigenvalue weighted by Crippen LogP contribution is -2.63. The second-order valence-corrected chi connectivity index (χ2v) is 6.47. The maximum atomic E-state index is 4.27. The van der Waals surface area contributed by atoms with Crippen LogP contribution in [0, 0.1) is 35.0 Å². The molecule has 0 saturated heterocycles. The Balaban J connectivity index is 1.98. The van der Waals surface area contributed by atoms with Crippen LogP contribution in [0.25, 0.3) is 0 Å². The summed E-state index contributed by atoms with van der Waals surface area (Å²) in [6.07, 6.45) is 7.62. The molecule has 1 unspecified atom stereocenters. The summed E-state index contributed by atoms with van der Waals surface area (Å²) < 4.78 is 0. The number of hydrogen-bond donors (Lipinski definition) is 0. The molecule has 4 bridgehead atoms. The lowest BCUT2D eigenvalue weighted by atomic mass is 9.35. The first-order valence-corrected chi connectivity index (χ1v) is 6.42. The molecule has 4 rings (SSSR count). The van der Waals surface area contributed by atoms with E-state index >= 15 is 0 Å². The number of hydrogen-bond acceptors (Lipinski definition) is 0. The summed E-state index contributed by atoms with van der Waals surface area (Å²) in [5.74, 6) is 4.41. The summed E-state index contributed by atoms with van der Waals surface area (Å²) >= 11 is 0. The Hall–Kier alpha value is -0.520. The smallest absolute Gasteiger partial charge is 0.00713 e. The van der Waals surface area contributed by atoms with Crippen molar-refractivity contribution < 1.29 is 0 Å². The maximum Gasteiger partial charge on any atom is -0.00713 e. The maximum absolute atomic E-state index is 4.27. The van der Waals surface area contributed by atoms with E-state index in [2.05, 4.69) is 39.5 Å². The van der Waals surface area contributed by atoms with Crippen molar-refractivity contribution in [1.29, 1.82) is 0 Å². The summed E-state index contributed by atoms with van der Waals surface area (Å²) in [5.41, 5.74) is 2.00. The Kier molecular flexibility index (Phi) is 1.80. The summed E-state index contributed by atoms with van der Waals surface area (Å²) in [6, 6.07) is 0. The van der Waals surface area contributed by atoms with E-state index in [0.717, 1.165) is 29.6 Å². The van der Waals surface area contributed by atoms with Gasteiger partial charge in [0.2, 0.25) is 0 Å². The zero-order chi connectivity index (χ0) is 10.8. The van der Waals surface area contributed by atoms with E-state index in [1.54, 1.807) is 0 Å². The fourth-order valence-corrected chi connectivity index (χ4v) is 4.81. The fraction of sp³-hybridized carbons (Fsp3) is 0.733. The van der Waals surface area contributed by atoms with Gasteiger partial charge in [-0.1, -0.05) is 45.1 Å². The zero-order valence-electron chi connectivity index (χ0n) is 10.2. The van der Waals surface area contributed by atoms with Crippen molar-refractivity contribution in [2.24, 2.45) is 35.0 Å². The molecule has 0 heteroatoms. The van der Waals surface area contributed by atoms with Gasteiger partial charge < -0.3 is 0 Å². The lowest BCUT2D eigenvalue weighted by molar-refractivity contribution is -0.156. The van der Waals surface area contributed by atoms with Crippen LogP contribution in [0.2, 0.25) is 0 Å². The summed E-state index contributed by atoms with van der Waals surface area (Å²) in [4.78, 5) is 0. The topological polar surface area (TPSA) is 0 Å². The van der Waals surface area contributed by atoms with Crippen LogP contribution in [-0.4, -0.2) is 0 Å². The normalized spacial score (nSPS) is 51.9. The molecule has 0 aliphatic heterocycles. The number of fused-ring (bicyclic) bond motifs is 1. The molecule has 2 saturated carbocycles. The predicted molar refractivity (Wildman–Crippen MR) is 64.4 cm³/mol. The third-order valence-electron chi connectivity index (χ3n) is 5.56. The van der Waals surface area contributed by atoms with Crippen molar-refractivity contribution in [2.45, 2.75) is 33.6 Å². The van der Waals surface area contributed by atoms with Crippen LogP contribution in [0.4, 0.5) is 0 Å². The van der Waals surface area contributed by atoms with E-state index in [-0.39, 0.29) is 0 Å². The third-order valence-corrected chi connectivity index (χ3v) is 5.56. The average molecular weight is 202 g/mol. The van der Waals surface area contributed by atoms with Gasteiger partial charge in [0.1, 0.15) is 0 Å². The summed E-state index contributed by atoms with van der Waals surface area (Å²) in [6.45, 7) is 11.6. The van der Waals surface area contributed by atoms with Crippen LogP contribution >= 0.6 is 0 Å². The molecule has 4 aliphatic rings. The molecule has 0 N–H and O–H groups in total. The van der Waals surface area contributed by atoms with Crippen molar-refractivity contribution in [3.05, 3.63) is 24.3 Å². The van der Waals surface area contributed by atoms with Crippen LogP contribution in [0.3, 0.4) is 0 Å². The largest absolute Gasteiger partial charge is 0.0955 e. The van der Waals surface area contributed by atoms with Crippen molar-refractivity contribution in [2.75, 3.05) is 0 Å². The van der Waals surface area contributed by atoms with E-state index in [0.29, 0.717) is 5.41 Å². The molecule has 82 valence electrons. The first-order valence-electron chi connectivity index (χ1n) is 6.42. The average Bonchev–Trinajstić information content (AvgIpc) is 2.17. The van der Waals surface area contributed by atoms with E-state index < -0.39 is 0 Å². The second kappa shape index (κ2) is 2.78. The summed E-state index contributed by atoms with van der Waals surface area (Å²) in [7, 11) is 0. The Morgan fingerprint density at radius 1 is 1.47 bits per heavy atom. The molecule has 0 amide bonds. The first-order chi connectivity index (χ1) is 7.05. The van der Waals surface area contributed by atoms with Crippen molar-refractivity contribution in [3.63, 3.8) is 0 Å². The standard InChI is InChI=1S/C15H22/c1-9(2)11-7-8-15(4)12-6-5-10(3)14(15)13(11)12/h5-6,9,11-14H,3,7-8H2,1-2,4H3/t11-,12-,13-,14?,15-/m0/s1. The molecule has 0 heterocycles. The predicted octanol–water partition coefficient (Wildman–Crippen LogP) is 4.05. The molecular weight excluding hydrogens is 180 g/mol. The van der Waals surface area contributed by atoms with Gasteiger partial charge in [-0.05, 0) is 47.8 Å². The third kappa shape index (κ3) is 0.984. The zero-order valence-corrected chi connectivity index (χ0v) is 10.2. The highest BCUT2D eigenvalue weighted by Gasteiger charge is 2.64.